The molecule has 0 aliphatic carbocycles. The maximum Gasteiger partial charge on any atom is 0.407 e. The smallest absolute Gasteiger partial charge is 0.407 e. The molecule has 0 fully saturated rings. The van der Waals surface area contributed by atoms with Gasteiger partial charge in [-0.15, -0.1) is 0 Å². The first kappa shape index (κ1) is 15.9. The lowest BCUT2D eigenvalue weighted by Gasteiger charge is -2.19. The molecular weight excluding hydrogens is 286 g/mol. The maximum atomic E-state index is 11.5. The first-order valence-electron chi connectivity index (χ1n) is 6.91. The number of carbonyl (C=O) groups excluding carboxylic acids is 2. The van der Waals surface area contributed by atoms with Crippen molar-refractivity contribution < 1.29 is 23.8 Å². The molecule has 0 atom stereocenters. The van der Waals surface area contributed by atoms with Crippen molar-refractivity contribution in [3.05, 3.63) is 29.3 Å². The Morgan fingerprint density at radius 1 is 1.27 bits per heavy atom. The molecule has 1 aliphatic heterocycles. The Kier molecular flexibility index (Phi) is 4.70. The van der Waals surface area contributed by atoms with Crippen molar-refractivity contribution in [1.29, 1.82) is 0 Å². The Balaban J connectivity index is 1.96. The molecule has 0 aromatic heterocycles. The fourth-order valence-corrected chi connectivity index (χ4v) is 1.86. The number of benzene rings is 1. The third kappa shape index (κ3) is 4.25. The minimum absolute atomic E-state index is 0.154. The largest absolute Gasteiger partial charge is 0.454 e. The number of carbonyl (C=O) groups is 2. The predicted molar refractivity (Wildman–Crippen MR) is 81.2 cm³/mol. The van der Waals surface area contributed by atoms with Crippen molar-refractivity contribution in [2.24, 2.45) is 0 Å². The molecule has 1 N–H and O–H groups in total. The quantitative estimate of drug-likeness (QED) is 0.866. The zero-order valence-electron chi connectivity index (χ0n) is 12.8. The van der Waals surface area contributed by atoms with E-state index < -0.39 is 11.7 Å². The average molecular weight is 305 g/mol. The van der Waals surface area contributed by atoms with Gasteiger partial charge in [0.05, 0.1) is 0 Å². The molecule has 1 heterocycles. The first-order chi connectivity index (χ1) is 10.4. The van der Waals surface area contributed by atoms with Gasteiger partial charge < -0.3 is 19.5 Å². The standard InChI is InChI=1S/C16H19NO5/c1-16(2,3)22-15(19)17-6-4-5-11-7-13-14(21-10-20-13)8-12(11)9-18/h4-5,7-9H,6,10H2,1-3H3,(H,17,19). The van der Waals surface area contributed by atoms with E-state index in [4.69, 9.17) is 14.2 Å². The molecule has 1 aromatic rings. The van der Waals surface area contributed by atoms with Gasteiger partial charge in [0, 0.05) is 12.1 Å². The van der Waals surface area contributed by atoms with Crippen LogP contribution in [-0.2, 0) is 4.74 Å². The molecule has 0 unspecified atom stereocenters. The van der Waals surface area contributed by atoms with E-state index in [1.807, 2.05) is 0 Å². The number of aldehydes is 1. The van der Waals surface area contributed by atoms with Crippen molar-refractivity contribution in [3.63, 3.8) is 0 Å². The second kappa shape index (κ2) is 6.51. The minimum Gasteiger partial charge on any atom is -0.454 e. The first-order valence-corrected chi connectivity index (χ1v) is 6.91. The van der Waals surface area contributed by atoms with Crippen LogP contribution in [0.4, 0.5) is 4.79 Å². The van der Waals surface area contributed by atoms with Crippen LogP contribution in [0, 0.1) is 0 Å². The number of ether oxygens (including phenoxy) is 3. The van der Waals surface area contributed by atoms with Crippen LogP contribution in [0.1, 0.15) is 36.7 Å². The highest BCUT2D eigenvalue weighted by molar-refractivity contribution is 5.84. The molecule has 1 aliphatic rings. The van der Waals surface area contributed by atoms with Crippen LogP contribution < -0.4 is 14.8 Å². The van der Waals surface area contributed by atoms with Crippen LogP contribution in [0.3, 0.4) is 0 Å². The number of amides is 1. The van der Waals surface area contributed by atoms with Crippen LogP contribution >= 0.6 is 0 Å². The Morgan fingerprint density at radius 3 is 2.50 bits per heavy atom. The summed E-state index contributed by atoms with van der Waals surface area (Å²) < 4.78 is 15.6. The topological polar surface area (TPSA) is 73.9 Å². The number of hydrogen-bond donors (Lipinski definition) is 1. The van der Waals surface area contributed by atoms with Crippen molar-refractivity contribution in [2.45, 2.75) is 26.4 Å². The summed E-state index contributed by atoms with van der Waals surface area (Å²) in [7, 11) is 0. The van der Waals surface area contributed by atoms with Crippen LogP contribution in [0.25, 0.3) is 6.08 Å². The molecular formula is C16H19NO5. The maximum absolute atomic E-state index is 11.5. The lowest BCUT2D eigenvalue weighted by atomic mass is 10.1. The van der Waals surface area contributed by atoms with E-state index >= 15 is 0 Å². The molecule has 0 bridgehead atoms. The van der Waals surface area contributed by atoms with Gasteiger partial charge in [-0.05, 0) is 38.5 Å². The summed E-state index contributed by atoms with van der Waals surface area (Å²) in [5.41, 5.74) is 0.665. The van der Waals surface area contributed by atoms with E-state index in [1.54, 1.807) is 45.1 Å². The Morgan fingerprint density at radius 2 is 1.91 bits per heavy atom. The number of hydrogen-bond acceptors (Lipinski definition) is 5. The van der Waals surface area contributed by atoms with Gasteiger partial charge in [0.15, 0.2) is 17.8 Å². The summed E-state index contributed by atoms with van der Waals surface area (Å²) in [5, 5.41) is 2.61. The fourth-order valence-electron chi connectivity index (χ4n) is 1.86. The molecule has 2 rings (SSSR count). The van der Waals surface area contributed by atoms with Crippen LogP contribution in [-0.4, -0.2) is 31.3 Å². The molecule has 6 nitrogen and oxygen atoms in total. The average Bonchev–Trinajstić information content (AvgIpc) is 2.87. The van der Waals surface area contributed by atoms with E-state index in [-0.39, 0.29) is 6.79 Å². The summed E-state index contributed by atoms with van der Waals surface area (Å²) in [6, 6.07) is 3.37. The second-order valence-electron chi connectivity index (χ2n) is 5.74. The molecule has 6 heteroatoms. The molecule has 1 aromatic carbocycles. The molecule has 118 valence electrons. The summed E-state index contributed by atoms with van der Waals surface area (Å²) >= 11 is 0. The van der Waals surface area contributed by atoms with Crippen LogP contribution in [0.5, 0.6) is 11.5 Å². The van der Waals surface area contributed by atoms with Crippen molar-refractivity contribution in [1.82, 2.24) is 5.32 Å². The molecule has 0 saturated carbocycles. The molecule has 1 amide bonds. The van der Waals surface area contributed by atoms with Gasteiger partial charge in [0.1, 0.15) is 5.60 Å². The number of alkyl carbamates (subject to hydrolysis) is 1. The highest BCUT2D eigenvalue weighted by Crippen LogP contribution is 2.34. The van der Waals surface area contributed by atoms with Crippen LogP contribution in [0.2, 0.25) is 0 Å². The zero-order chi connectivity index (χ0) is 16.2. The lowest BCUT2D eigenvalue weighted by Crippen LogP contribution is -2.32. The fraction of sp³-hybridized carbons (Fsp3) is 0.375. The number of nitrogens with one attached hydrogen (secondary N) is 1. The minimum atomic E-state index is -0.532. The highest BCUT2D eigenvalue weighted by atomic mass is 16.7. The van der Waals surface area contributed by atoms with E-state index in [0.717, 1.165) is 6.29 Å². The van der Waals surface area contributed by atoms with Gasteiger partial charge in [-0.3, -0.25) is 4.79 Å². The zero-order valence-corrected chi connectivity index (χ0v) is 12.8. The highest BCUT2D eigenvalue weighted by Gasteiger charge is 2.16. The Hall–Kier alpha value is -2.50. The Labute approximate surface area is 129 Å². The van der Waals surface area contributed by atoms with E-state index in [2.05, 4.69) is 5.32 Å². The van der Waals surface area contributed by atoms with Gasteiger partial charge in [0.25, 0.3) is 0 Å². The van der Waals surface area contributed by atoms with Crippen molar-refractivity contribution >= 4 is 18.5 Å². The number of fused-ring (bicyclic) bond motifs is 1. The third-order valence-electron chi connectivity index (χ3n) is 2.77. The second-order valence-corrected chi connectivity index (χ2v) is 5.74. The summed E-state index contributed by atoms with van der Waals surface area (Å²) in [6.45, 7) is 5.84. The summed E-state index contributed by atoms with van der Waals surface area (Å²) in [4.78, 5) is 22.6. The van der Waals surface area contributed by atoms with Gasteiger partial charge >= 0.3 is 6.09 Å². The third-order valence-corrected chi connectivity index (χ3v) is 2.77. The van der Waals surface area contributed by atoms with E-state index in [0.29, 0.717) is 29.2 Å². The van der Waals surface area contributed by atoms with Gasteiger partial charge in [0.2, 0.25) is 6.79 Å². The lowest BCUT2D eigenvalue weighted by molar-refractivity contribution is 0.0534. The Bertz CT molecular complexity index is 601. The van der Waals surface area contributed by atoms with Crippen LogP contribution in [0.15, 0.2) is 18.2 Å². The predicted octanol–water partition coefficient (Wildman–Crippen LogP) is 2.77. The SMILES string of the molecule is CC(C)(C)OC(=O)NCC=Cc1cc2c(cc1C=O)OCO2. The van der Waals surface area contributed by atoms with E-state index in [9.17, 15) is 9.59 Å². The van der Waals surface area contributed by atoms with Gasteiger partial charge in [-0.1, -0.05) is 12.2 Å². The summed E-state index contributed by atoms with van der Waals surface area (Å²) in [6.07, 6.45) is 3.74. The molecule has 0 spiro atoms. The number of rotatable bonds is 4. The summed E-state index contributed by atoms with van der Waals surface area (Å²) in [5.74, 6) is 1.16. The normalized spacial score (nSPS) is 13.2. The van der Waals surface area contributed by atoms with Gasteiger partial charge in [-0.2, -0.15) is 0 Å². The van der Waals surface area contributed by atoms with Gasteiger partial charge in [-0.25, -0.2) is 4.79 Å². The monoisotopic (exact) mass is 305 g/mol. The van der Waals surface area contributed by atoms with Crippen molar-refractivity contribution in [2.75, 3.05) is 13.3 Å². The molecule has 22 heavy (non-hydrogen) atoms. The van der Waals surface area contributed by atoms with Crippen molar-refractivity contribution in [3.8, 4) is 11.5 Å². The van der Waals surface area contributed by atoms with E-state index in [1.165, 1.54) is 0 Å². The molecule has 0 saturated heterocycles. The molecule has 0 radical (unpaired) electrons.